The van der Waals surface area contributed by atoms with Crippen LogP contribution in [0.25, 0.3) is 0 Å². The summed E-state index contributed by atoms with van der Waals surface area (Å²) >= 11 is 5.16. The van der Waals surface area contributed by atoms with Crippen molar-refractivity contribution in [1.29, 1.82) is 0 Å². The van der Waals surface area contributed by atoms with E-state index in [9.17, 15) is 4.79 Å². The minimum absolute atomic E-state index is 0.133. The fraction of sp³-hybridized carbons (Fsp3) is 0.429. The summed E-state index contributed by atoms with van der Waals surface area (Å²) in [4.78, 5) is 24.9. The van der Waals surface area contributed by atoms with E-state index in [-0.39, 0.29) is 5.92 Å². The number of rotatable bonds is 7. The molecular weight excluding hydrogens is 406 g/mol. The Bertz CT molecular complexity index is 829. The average Bonchev–Trinajstić information content (AvgIpc) is 3.46. The van der Waals surface area contributed by atoms with E-state index < -0.39 is 0 Å². The molecule has 0 saturated carbocycles. The lowest BCUT2D eigenvalue weighted by Crippen LogP contribution is -2.41. The number of piperidine rings is 1. The molecule has 0 bridgehead atoms. The van der Waals surface area contributed by atoms with E-state index in [2.05, 4.69) is 62.1 Å². The molecule has 4 nitrogen and oxygen atoms in total. The summed E-state index contributed by atoms with van der Waals surface area (Å²) in [5.41, 5.74) is 1.16. The molecule has 1 aliphatic rings. The molecule has 0 aliphatic carbocycles. The van der Waals surface area contributed by atoms with Crippen LogP contribution in [-0.4, -0.2) is 33.8 Å². The molecule has 148 valence electrons. The van der Waals surface area contributed by atoms with E-state index in [0.29, 0.717) is 19.0 Å². The first kappa shape index (κ1) is 19.8. The van der Waals surface area contributed by atoms with Gasteiger partial charge in [0, 0.05) is 27.6 Å². The molecule has 0 aromatic carbocycles. The Balaban J connectivity index is 1.36. The lowest BCUT2D eigenvalue weighted by Gasteiger charge is -2.33. The zero-order chi connectivity index (χ0) is 19.3. The maximum Gasteiger partial charge on any atom is 0.226 e. The molecule has 0 spiro atoms. The Morgan fingerprint density at radius 2 is 1.75 bits per heavy atom. The third kappa shape index (κ3) is 5.08. The van der Waals surface area contributed by atoms with Crippen LogP contribution in [0.15, 0.2) is 40.4 Å². The molecule has 4 heterocycles. The second-order valence-electron chi connectivity index (χ2n) is 7.26. The predicted octanol–water partition coefficient (Wildman–Crippen LogP) is 5.02. The first-order chi connectivity index (χ1) is 13.7. The van der Waals surface area contributed by atoms with Crippen molar-refractivity contribution in [3.8, 4) is 0 Å². The van der Waals surface area contributed by atoms with Gasteiger partial charge in [-0.15, -0.1) is 34.0 Å². The first-order valence-corrected chi connectivity index (χ1v) is 12.3. The van der Waals surface area contributed by atoms with Crippen molar-refractivity contribution < 1.29 is 4.79 Å². The molecule has 1 fully saturated rings. The van der Waals surface area contributed by atoms with Crippen LogP contribution < -0.4 is 0 Å². The van der Waals surface area contributed by atoms with Crippen LogP contribution in [0.3, 0.4) is 0 Å². The summed E-state index contributed by atoms with van der Waals surface area (Å²) in [7, 11) is 0. The van der Waals surface area contributed by atoms with Crippen LogP contribution in [0.2, 0.25) is 0 Å². The zero-order valence-electron chi connectivity index (χ0n) is 16.0. The highest BCUT2D eigenvalue weighted by molar-refractivity contribution is 7.10. The van der Waals surface area contributed by atoms with Crippen molar-refractivity contribution in [2.24, 2.45) is 5.92 Å². The molecule has 3 aromatic rings. The Morgan fingerprint density at radius 3 is 2.25 bits per heavy atom. The standard InChI is InChI=1S/C21H25N3OS3/c1-16-22-18(15-28-16)12-23-8-6-17(7-9-23)21(25)24(13-19-4-2-10-26-19)14-20-5-3-11-27-20/h2-5,10-11,15,17H,6-9,12-14H2,1H3. The van der Waals surface area contributed by atoms with E-state index in [4.69, 9.17) is 0 Å². The summed E-state index contributed by atoms with van der Waals surface area (Å²) in [5.74, 6) is 0.444. The number of thiophene rings is 2. The molecule has 28 heavy (non-hydrogen) atoms. The maximum absolute atomic E-state index is 13.3. The molecule has 7 heteroatoms. The van der Waals surface area contributed by atoms with Crippen LogP contribution in [0.5, 0.6) is 0 Å². The molecule has 0 atom stereocenters. The topological polar surface area (TPSA) is 36.4 Å². The molecule has 1 aliphatic heterocycles. The third-order valence-electron chi connectivity index (χ3n) is 5.15. The molecule has 1 saturated heterocycles. The quantitative estimate of drug-likeness (QED) is 0.527. The lowest BCUT2D eigenvalue weighted by molar-refractivity contribution is -0.138. The van der Waals surface area contributed by atoms with Gasteiger partial charge >= 0.3 is 0 Å². The molecule has 0 N–H and O–H groups in total. The molecule has 3 aromatic heterocycles. The average molecular weight is 432 g/mol. The van der Waals surface area contributed by atoms with Gasteiger partial charge < -0.3 is 4.90 Å². The SMILES string of the molecule is Cc1nc(CN2CCC(C(=O)N(Cc3cccs3)Cc3cccs3)CC2)cs1. The fourth-order valence-electron chi connectivity index (χ4n) is 3.70. The summed E-state index contributed by atoms with van der Waals surface area (Å²) in [6.07, 6.45) is 1.88. The highest BCUT2D eigenvalue weighted by atomic mass is 32.1. The summed E-state index contributed by atoms with van der Waals surface area (Å²) < 4.78 is 0. The number of carbonyl (C=O) groups excluding carboxylic acids is 1. The minimum Gasteiger partial charge on any atom is -0.332 e. The third-order valence-corrected chi connectivity index (χ3v) is 7.70. The number of nitrogens with zero attached hydrogens (tertiary/aromatic N) is 3. The van der Waals surface area contributed by atoms with Crippen LogP contribution in [0.4, 0.5) is 0 Å². The van der Waals surface area contributed by atoms with E-state index in [1.807, 2.05) is 0 Å². The monoisotopic (exact) mass is 431 g/mol. The number of hydrogen-bond donors (Lipinski definition) is 0. The van der Waals surface area contributed by atoms with Crippen molar-refractivity contribution in [1.82, 2.24) is 14.8 Å². The Morgan fingerprint density at radius 1 is 1.11 bits per heavy atom. The first-order valence-electron chi connectivity index (χ1n) is 9.64. The van der Waals surface area contributed by atoms with E-state index in [1.165, 1.54) is 9.75 Å². The maximum atomic E-state index is 13.3. The Hall–Kier alpha value is -1.54. The van der Waals surface area contributed by atoms with Crippen LogP contribution in [0.1, 0.15) is 33.3 Å². The summed E-state index contributed by atoms with van der Waals surface area (Å²) in [5, 5.41) is 7.44. The number of carbonyl (C=O) groups is 1. The van der Waals surface area contributed by atoms with Crippen molar-refractivity contribution in [3.63, 3.8) is 0 Å². The number of thiazole rings is 1. The number of amides is 1. The van der Waals surface area contributed by atoms with Gasteiger partial charge in [0.15, 0.2) is 0 Å². The molecule has 4 rings (SSSR count). The molecule has 1 amide bonds. The molecule has 0 radical (unpaired) electrons. The number of likely N-dealkylation sites (tertiary alicyclic amines) is 1. The van der Waals surface area contributed by atoms with Crippen LogP contribution in [-0.2, 0) is 24.4 Å². The minimum atomic E-state index is 0.133. The highest BCUT2D eigenvalue weighted by Crippen LogP contribution is 2.25. The largest absolute Gasteiger partial charge is 0.332 e. The van der Waals surface area contributed by atoms with E-state index in [1.54, 1.807) is 34.0 Å². The van der Waals surface area contributed by atoms with E-state index >= 15 is 0 Å². The predicted molar refractivity (Wildman–Crippen MR) is 118 cm³/mol. The van der Waals surface area contributed by atoms with Gasteiger partial charge in [-0.05, 0) is 55.7 Å². The second-order valence-corrected chi connectivity index (χ2v) is 10.4. The van der Waals surface area contributed by atoms with Crippen molar-refractivity contribution >= 4 is 39.9 Å². The van der Waals surface area contributed by atoms with Crippen molar-refractivity contribution in [3.05, 3.63) is 60.9 Å². The van der Waals surface area contributed by atoms with Gasteiger partial charge in [-0.1, -0.05) is 12.1 Å². The number of aryl methyl sites for hydroxylation is 1. The smallest absolute Gasteiger partial charge is 0.226 e. The van der Waals surface area contributed by atoms with Gasteiger partial charge in [0.05, 0.1) is 23.8 Å². The number of aromatic nitrogens is 1. The zero-order valence-corrected chi connectivity index (χ0v) is 18.5. The van der Waals surface area contributed by atoms with Gasteiger partial charge in [0.1, 0.15) is 0 Å². The molecule has 0 unspecified atom stereocenters. The number of hydrogen-bond acceptors (Lipinski definition) is 6. The van der Waals surface area contributed by atoms with Crippen molar-refractivity contribution in [2.45, 2.75) is 39.4 Å². The Labute approximate surface area is 178 Å². The van der Waals surface area contributed by atoms with Gasteiger partial charge in [-0.2, -0.15) is 0 Å². The van der Waals surface area contributed by atoms with Gasteiger partial charge in [0.2, 0.25) is 5.91 Å². The van der Waals surface area contributed by atoms with Crippen LogP contribution >= 0.6 is 34.0 Å². The lowest BCUT2D eigenvalue weighted by atomic mass is 9.95. The van der Waals surface area contributed by atoms with Gasteiger partial charge in [-0.3, -0.25) is 9.69 Å². The highest BCUT2D eigenvalue weighted by Gasteiger charge is 2.29. The summed E-state index contributed by atoms with van der Waals surface area (Å²) in [6.45, 7) is 6.32. The summed E-state index contributed by atoms with van der Waals surface area (Å²) in [6, 6.07) is 8.37. The normalized spacial score (nSPS) is 15.8. The van der Waals surface area contributed by atoms with E-state index in [0.717, 1.165) is 43.2 Å². The second kappa shape index (κ2) is 9.31. The van der Waals surface area contributed by atoms with Crippen molar-refractivity contribution in [2.75, 3.05) is 13.1 Å². The van der Waals surface area contributed by atoms with Gasteiger partial charge in [0.25, 0.3) is 0 Å². The van der Waals surface area contributed by atoms with Gasteiger partial charge in [-0.25, -0.2) is 4.98 Å². The molecular formula is C21H25N3OS3. The Kier molecular flexibility index (Phi) is 6.57. The fourth-order valence-corrected chi connectivity index (χ4v) is 5.74. The van der Waals surface area contributed by atoms with Crippen LogP contribution in [0, 0.1) is 12.8 Å².